The minimum Gasteiger partial charge on any atom is -0.439 e. The van der Waals surface area contributed by atoms with E-state index in [0.717, 1.165) is 0 Å². The highest BCUT2D eigenvalue weighted by Gasteiger charge is 1.96. The summed E-state index contributed by atoms with van der Waals surface area (Å²) in [6.07, 6.45) is 0. The first-order chi connectivity index (χ1) is 21.2. The smallest absolute Gasteiger partial charge is 0.304 e. The van der Waals surface area contributed by atoms with Gasteiger partial charge in [-0.05, 0) is 0 Å². The van der Waals surface area contributed by atoms with E-state index in [1.807, 2.05) is 0 Å². The van der Waals surface area contributed by atoms with Crippen LogP contribution in [-0.4, -0.2) is 187 Å². The normalized spacial score (nSPS) is 11.0. The minimum absolute atomic E-state index is 0.0253. The van der Waals surface area contributed by atoms with Gasteiger partial charge in [0.2, 0.25) is 0 Å². The molecule has 0 saturated heterocycles. The molecular weight excluding hydrogens is 580 g/mol. The zero-order chi connectivity index (χ0) is 31.7. The molecule has 0 heterocycles. The Kier molecular flexibility index (Phi) is 44.1. The van der Waals surface area contributed by atoms with Crippen LogP contribution >= 0.6 is 0 Å². The van der Waals surface area contributed by atoms with Crippen LogP contribution in [0.4, 0.5) is 0 Å². The maximum Gasteiger partial charge on any atom is 0.304 e. The number of carbonyl (C=O) groups excluding carboxylic acids is 1. The molecule has 260 valence electrons. The number of aliphatic hydroxyl groups excluding tert-OH is 3. The van der Waals surface area contributed by atoms with Crippen LogP contribution in [0.5, 0.6) is 0 Å². The number of carbonyl (C=O) groups is 1. The number of aliphatic hydroxyl groups is 3. The molecule has 0 aromatic heterocycles. The van der Waals surface area contributed by atoms with Gasteiger partial charge in [0.05, 0.1) is 159 Å². The van der Waals surface area contributed by atoms with Crippen molar-refractivity contribution >= 4 is 5.97 Å². The van der Waals surface area contributed by atoms with Gasteiger partial charge in [-0.25, -0.2) is 0 Å². The standard InChI is InChI=1S/C24H50O13.C3H6O3/c25-1-3-27-5-7-29-9-11-31-13-15-33-17-19-35-21-23-37-24-22-36-20-18-34-16-14-32-12-10-30-8-6-28-4-2-26;1-3(5)6-2-4/h25-26H,1-24H2;4H,2H2,1H3. The summed E-state index contributed by atoms with van der Waals surface area (Å²) in [5.41, 5.74) is 0. The lowest BCUT2D eigenvalue weighted by molar-refractivity contribution is -0.148. The average Bonchev–Trinajstić information content (AvgIpc) is 3.00. The third-order valence-electron chi connectivity index (χ3n) is 4.46. The van der Waals surface area contributed by atoms with Gasteiger partial charge in [-0.15, -0.1) is 0 Å². The van der Waals surface area contributed by atoms with Crippen molar-refractivity contribution in [2.24, 2.45) is 0 Å². The molecule has 3 N–H and O–H groups in total. The summed E-state index contributed by atoms with van der Waals surface area (Å²) in [4.78, 5) is 9.66. The third kappa shape index (κ3) is 48.0. The van der Waals surface area contributed by atoms with E-state index in [4.69, 9.17) is 67.4 Å². The molecule has 0 aromatic rings. The average molecular weight is 637 g/mol. The first kappa shape index (κ1) is 44.0. The number of hydrogen-bond donors (Lipinski definition) is 3. The molecule has 0 aromatic carbocycles. The van der Waals surface area contributed by atoms with E-state index in [-0.39, 0.29) is 13.2 Å². The SMILES string of the molecule is CC(=O)OCO.OCCOCCOCCOCCOCCOCCOCCOCCOCCOCCOCCOCCO. The number of rotatable bonds is 35. The fourth-order valence-electron chi connectivity index (χ4n) is 2.52. The van der Waals surface area contributed by atoms with E-state index in [1.54, 1.807) is 0 Å². The van der Waals surface area contributed by atoms with Gasteiger partial charge >= 0.3 is 5.97 Å². The lowest BCUT2D eigenvalue weighted by Crippen LogP contribution is -2.15. The molecule has 0 saturated carbocycles. The summed E-state index contributed by atoms with van der Waals surface area (Å²) < 4.78 is 62.6. The second-order valence-corrected chi connectivity index (χ2v) is 7.95. The second-order valence-electron chi connectivity index (χ2n) is 7.95. The Morgan fingerprint density at radius 1 is 0.349 bits per heavy atom. The third-order valence-corrected chi connectivity index (χ3v) is 4.46. The molecule has 43 heavy (non-hydrogen) atoms. The van der Waals surface area contributed by atoms with E-state index in [0.29, 0.717) is 145 Å². The predicted octanol–water partition coefficient (Wildman–Crippen LogP) is -1.35. The summed E-state index contributed by atoms with van der Waals surface area (Å²) in [6.45, 7) is 11.4. The summed E-state index contributed by atoms with van der Waals surface area (Å²) in [5.74, 6) is -0.461. The predicted molar refractivity (Wildman–Crippen MR) is 152 cm³/mol. The van der Waals surface area contributed by atoms with E-state index >= 15 is 0 Å². The van der Waals surface area contributed by atoms with Crippen LogP contribution in [0.3, 0.4) is 0 Å². The van der Waals surface area contributed by atoms with E-state index in [9.17, 15) is 4.79 Å². The van der Waals surface area contributed by atoms with Gasteiger partial charge < -0.3 is 72.2 Å². The lowest BCUT2D eigenvalue weighted by atomic mass is 10.6. The lowest BCUT2D eigenvalue weighted by Gasteiger charge is -2.09. The molecule has 0 spiro atoms. The Morgan fingerprint density at radius 3 is 0.605 bits per heavy atom. The van der Waals surface area contributed by atoms with Crippen molar-refractivity contribution in [1.82, 2.24) is 0 Å². The van der Waals surface area contributed by atoms with Crippen molar-refractivity contribution in [3.63, 3.8) is 0 Å². The molecule has 0 aliphatic carbocycles. The van der Waals surface area contributed by atoms with Gasteiger partial charge in [0, 0.05) is 6.92 Å². The van der Waals surface area contributed by atoms with Crippen LogP contribution in [0.15, 0.2) is 0 Å². The Hall–Kier alpha value is -1.09. The summed E-state index contributed by atoms with van der Waals surface area (Å²) >= 11 is 0. The van der Waals surface area contributed by atoms with Gasteiger partial charge in [-0.3, -0.25) is 4.79 Å². The maximum absolute atomic E-state index is 9.66. The molecular formula is C27H56O16. The maximum atomic E-state index is 9.66. The van der Waals surface area contributed by atoms with Crippen LogP contribution < -0.4 is 0 Å². The summed E-state index contributed by atoms with van der Waals surface area (Å²) in [7, 11) is 0. The fraction of sp³-hybridized carbons (Fsp3) is 0.963. The Bertz CT molecular complexity index is 470. The van der Waals surface area contributed by atoms with Gasteiger partial charge in [-0.1, -0.05) is 0 Å². The van der Waals surface area contributed by atoms with Crippen LogP contribution in [-0.2, 0) is 61.6 Å². The number of esters is 1. The topological polar surface area (TPSA) is 189 Å². The largest absolute Gasteiger partial charge is 0.439 e. The van der Waals surface area contributed by atoms with Gasteiger partial charge in [-0.2, -0.15) is 0 Å². The Labute approximate surface area is 255 Å². The molecule has 0 rings (SSSR count). The van der Waals surface area contributed by atoms with Crippen LogP contribution in [0, 0.1) is 0 Å². The van der Waals surface area contributed by atoms with Crippen molar-refractivity contribution in [3.05, 3.63) is 0 Å². The van der Waals surface area contributed by atoms with Crippen molar-refractivity contribution in [2.45, 2.75) is 6.92 Å². The van der Waals surface area contributed by atoms with Gasteiger partial charge in [0.1, 0.15) is 0 Å². The molecule has 0 unspecified atom stereocenters. The molecule has 0 fully saturated rings. The number of ether oxygens (including phenoxy) is 12. The zero-order valence-electron chi connectivity index (χ0n) is 25.8. The zero-order valence-corrected chi connectivity index (χ0v) is 25.8. The molecule has 0 aliphatic rings. The van der Waals surface area contributed by atoms with Crippen molar-refractivity contribution in [3.8, 4) is 0 Å². The summed E-state index contributed by atoms with van der Waals surface area (Å²) in [5, 5.41) is 24.9. The second kappa shape index (κ2) is 43.0. The fourth-order valence-corrected chi connectivity index (χ4v) is 2.52. The monoisotopic (exact) mass is 636 g/mol. The minimum atomic E-state index is -0.519. The highest BCUT2D eigenvalue weighted by atomic mass is 16.6. The Morgan fingerprint density at radius 2 is 0.512 bits per heavy atom. The molecule has 0 bridgehead atoms. The molecule has 0 aliphatic heterocycles. The molecule has 16 nitrogen and oxygen atoms in total. The van der Waals surface area contributed by atoms with Crippen LogP contribution in [0.25, 0.3) is 0 Å². The first-order valence-electron chi connectivity index (χ1n) is 14.5. The highest BCUT2D eigenvalue weighted by Crippen LogP contribution is 1.87. The van der Waals surface area contributed by atoms with Gasteiger partial charge in [0.25, 0.3) is 0 Å². The molecule has 0 atom stereocenters. The molecule has 16 heteroatoms. The molecule has 0 amide bonds. The Balaban J connectivity index is 0. The van der Waals surface area contributed by atoms with E-state index in [1.165, 1.54) is 6.92 Å². The highest BCUT2D eigenvalue weighted by molar-refractivity contribution is 5.65. The van der Waals surface area contributed by atoms with Crippen LogP contribution in [0.2, 0.25) is 0 Å². The van der Waals surface area contributed by atoms with E-state index < -0.39 is 12.8 Å². The quantitative estimate of drug-likeness (QED) is 0.0420. The van der Waals surface area contributed by atoms with E-state index in [2.05, 4.69) is 4.74 Å². The van der Waals surface area contributed by atoms with Gasteiger partial charge in [0.15, 0.2) is 6.79 Å². The van der Waals surface area contributed by atoms with Crippen molar-refractivity contribution < 1.29 is 77.0 Å². The molecule has 0 radical (unpaired) electrons. The first-order valence-corrected chi connectivity index (χ1v) is 14.5. The van der Waals surface area contributed by atoms with Crippen molar-refractivity contribution in [1.29, 1.82) is 0 Å². The van der Waals surface area contributed by atoms with Crippen molar-refractivity contribution in [2.75, 3.05) is 165 Å². The number of hydrogen-bond acceptors (Lipinski definition) is 16. The summed E-state index contributed by atoms with van der Waals surface area (Å²) in [6, 6.07) is 0. The van der Waals surface area contributed by atoms with Crippen LogP contribution in [0.1, 0.15) is 6.92 Å².